The summed E-state index contributed by atoms with van der Waals surface area (Å²) in [5, 5.41) is 14.0. The van der Waals surface area contributed by atoms with Gasteiger partial charge in [-0.1, -0.05) is 33.1 Å². The monoisotopic (exact) mass is 244 g/mol. The molecule has 0 radical (unpaired) electrons. The number of hydrogen-bond acceptors (Lipinski definition) is 2. The molecule has 0 heterocycles. The lowest BCUT2D eigenvalue weighted by atomic mass is 10.1. The number of aliphatic carboxylic acids is 1. The molecule has 0 fully saturated rings. The van der Waals surface area contributed by atoms with Gasteiger partial charge in [0, 0.05) is 19.5 Å². The van der Waals surface area contributed by atoms with Gasteiger partial charge in [0.15, 0.2) is 0 Å². The standard InChI is InChI=1S/C12H24N2O3/c1-3-4-5-6-7-13-12(17)14-9-10(2)8-11(15)16/h10H,3-9H2,1-2H3,(H,15,16)(H2,13,14,17). The van der Waals surface area contributed by atoms with Gasteiger partial charge in [0.25, 0.3) is 0 Å². The highest BCUT2D eigenvalue weighted by Crippen LogP contribution is 1.99. The summed E-state index contributed by atoms with van der Waals surface area (Å²) in [4.78, 5) is 21.7. The minimum absolute atomic E-state index is 0.0432. The molecule has 0 spiro atoms. The van der Waals surface area contributed by atoms with Crippen LogP contribution in [0.4, 0.5) is 4.79 Å². The number of hydrogen-bond donors (Lipinski definition) is 3. The summed E-state index contributed by atoms with van der Waals surface area (Å²) in [7, 11) is 0. The highest BCUT2D eigenvalue weighted by molar-refractivity contribution is 5.73. The Labute approximate surface area is 103 Å². The van der Waals surface area contributed by atoms with Gasteiger partial charge in [0.2, 0.25) is 0 Å². The molecule has 2 amide bonds. The zero-order chi connectivity index (χ0) is 13.1. The first-order valence-electron chi connectivity index (χ1n) is 6.29. The van der Waals surface area contributed by atoms with Crippen LogP contribution in [0.25, 0.3) is 0 Å². The van der Waals surface area contributed by atoms with Crippen molar-refractivity contribution in [3.8, 4) is 0 Å². The van der Waals surface area contributed by atoms with Crippen molar-refractivity contribution < 1.29 is 14.7 Å². The van der Waals surface area contributed by atoms with E-state index in [0.29, 0.717) is 13.1 Å². The Balaban J connectivity index is 3.42. The zero-order valence-electron chi connectivity index (χ0n) is 10.8. The van der Waals surface area contributed by atoms with Crippen LogP contribution < -0.4 is 10.6 Å². The number of urea groups is 1. The topological polar surface area (TPSA) is 78.4 Å². The normalized spacial score (nSPS) is 11.9. The van der Waals surface area contributed by atoms with Crippen LogP contribution in [0, 0.1) is 5.92 Å². The summed E-state index contributed by atoms with van der Waals surface area (Å²) < 4.78 is 0. The molecule has 0 rings (SSSR count). The van der Waals surface area contributed by atoms with Crippen molar-refractivity contribution in [1.29, 1.82) is 0 Å². The third kappa shape index (κ3) is 11.0. The van der Waals surface area contributed by atoms with Gasteiger partial charge in [-0.2, -0.15) is 0 Å². The molecule has 0 saturated heterocycles. The number of unbranched alkanes of at least 4 members (excludes halogenated alkanes) is 3. The SMILES string of the molecule is CCCCCCNC(=O)NCC(C)CC(=O)O. The first-order valence-corrected chi connectivity index (χ1v) is 6.29. The van der Waals surface area contributed by atoms with Crippen LogP contribution in [0.3, 0.4) is 0 Å². The summed E-state index contributed by atoms with van der Waals surface area (Å²) >= 11 is 0. The van der Waals surface area contributed by atoms with E-state index in [2.05, 4.69) is 17.6 Å². The van der Waals surface area contributed by atoms with Gasteiger partial charge >= 0.3 is 12.0 Å². The Hall–Kier alpha value is -1.26. The van der Waals surface area contributed by atoms with Gasteiger partial charge in [-0.05, 0) is 12.3 Å². The molecular formula is C12H24N2O3. The molecule has 1 atom stereocenters. The molecule has 0 aromatic rings. The quantitative estimate of drug-likeness (QED) is 0.543. The van der Waals surface area contributed by atoms with Crippen molar-refractivity contribution in [3.63, 3.8) is 0 Å². The van der Waals surface area contributed by atoms with E-state index in [9.17, 15) is 9.59 Å². The molecule has 0 aliphatic carbocycles. The first kappa shape index (κ1) is 15.7. The molecule has 1 unspecified atom stereocenters. The molecule has 0 saturated carbocycles. The van der Waals surface area contributed by atoms with Crippen LogP contribution in [-0.4, -0.2) is 30.2 Å². The second-order valence-electron chi connectivity index (χ2n) is 4.40. The summed E-state index contributed by atoms with van der Waals surface area (Å²) in [6.45, 7) is 5.02. The Kier molecular flexibility index (Phi) is 9.19. The Bertz CT molecular complexity index is 232. The minimum atomic E-state index is -0.834. The largest absolute Gasteiger partial charge is 0.481 e. The maximum absolute atomic E-state index is 11.3. The van der Waals surface area contributed by atoms with Crippen molar-refractivity contribution in [2.45, 2.75) is 46.0 Å². The number of carboxylic acids is 1. The minimum Gasteiger partial charge on any atom is -0.481 e. The number of carbonyl (C=O) groups excluding carboxylic acids is 1. The van der Waals surface area contributed by atoms with Crippen LogP contribution in [0.15, 0.2) is 0 Å². The summed E-state index contributed by atoms with van der Waals surface area (Å²) in [5.74, 6) is -0.877. The van der Waals surface area contributed by atoms with Gasteiger partial charge in [0.05, 0.1) is 0 Å². The molecule has 17 heavy (non-hydrogen) atoms. The average molecular weight is 244 g/mol. The lowest BCUT2D eigenvalue weighted by molar-refractivity contribution is -0.137. The Morgan fingerprint density at radius 1 is 1.18 bits per heavy atom. The van der Waals surface area contributed by atoms with Crippen molar-refractivity contribution in [2.75, 3.05) is 13.1 Å². The zero-order valence-corrected chi connectivity index (χ0v) is 10.8. The summed E-state index contributed by atoms with van der Waals surface area (Å²) in [6, 6.07) is -0.210. The number of rotatable bonds is 9. The van der Waals surface area contributed by atoms with E-state index in [1.165, 1.54) is 12.8 Å². The lowest BCUT2D eigenvalue weighted by Gasteiger charge is -2.11. The second-order valence-corrected chi connectivity index (χ2v) is 4.40. The fourth-order valence-corrected chi connectivity index (χ4v) is 1.45. The molecule has 5 heteroatoms. The van der Waals surface area contributed by atoms with Crippen LogP contribution in [-0.2, 0) is 4.79 Å². The molecule has 0 aliphatic rings. The lowest BCUT2D eigenvalue weighted by Crippen LogP contribution is -2.38. The van der Waals surface area contributed by atoms with Gasteiger partial charge in [-0.25, -0.2) is 4.79 Å². The van der Waals surface area contributed by atoms with Crippen molar-refractivity contribution in [1.82, 2.24) is 10.6 Å². The van der Waals surface area contributed by atoms with Crippen LogP contribution >= 0.6 is 0 Å². The molecule has 100 valence electrons. The third-order valence-electron chi connectivity index (χ3n) is 2.45. The number of carboxylic acid groups (broad SMARTS) is 1. The van der Waals surface area contributed by atoms with Crippen LogP contribution in [0.5, 0.6) is 0 Å². The Morgan fingerprint density at radius 3 is 2.47 bits per heavy atom. The second kappa shape index (κ2) is 9.93. The van der Waals surface area contributed by atoms with Gasteiger partial charge in [0.1, 0.15) is 0 Å². The van der Waals surface area contributed by atoms with E-state index in [4.69, 9.17) is 5.11 Å². The Morgan fingerprint density at radius 2 is 1.88 bits per heavy atom. The molecule has 0 aliphatic heterocycles. The van der Waals surface area contributed by atoms with E-state index in [1.807, 2.05) is 0 Å². The third-order valence-corrected chi connectivity index (χ3v) is 2.45. The molecule has 0 bridgehead atoms. The van der Waals surface area contributed by atoms with Gasteiger partial charge in [-0.3, -0.25) is 4.79 Å². The van der Waals surface area contributed by atoms with Crippen LogP contribution in [0.1, 0.15) is 46.0 Å². The fourth-order valence-electron chi connectivity index (χ4n) is 1.45. The predicted octanol–water partition coefficient (Wildman–Crippen LogP) is 1.98. The number of amides is 2. The smallest absolute Gasteiger partial charge is 0.314 e. The van der Waals surface area contributed by atoms with Crippen molar-refractivity contribution in [3.05, 3.63) is 0 Å². The summed E-state index contributed by atoms with van der Waals surface area (Å²) in [5.41, 5.74) is 0. The van der Waals surface area contributed by atoms with Crippen molar-refractivity contribution in [2.24, 2.45) is 5.92 Å². The molecule has 0 aromatic heterocycles. The maximum Gasteiger partial charge on any atom is 0.314 e. The molecule has 0 aromatic carbocycles. The van der Waals surface area contributed by atoms with E-state index >= 15 is 0 Å². The molecule has 5 nitrogen and oxygen atoms in total. The summed E-state index contributed by atoms with van der Waals surface area (Å²) in [6.07, 6.45) is 4.58. The average Bonchev–Trinajstić information content (AvgIpc) is 2.25. The number of carbonyl (C=O) groups is 2. The van der Waals surface area contributed by atoms with Crippen LogP contribution in [0.2, 0.25) is 0 Å². The highest BCUT2D eigenvalue weighted by atomic mass is 16.4. The molecule has 3 N–H and O–H groups in total. The van der Waals surface area contributed by atoms with Crippen molar-refractivity contribution >= 4 is 12.0 Å². The highest BCUT2D eigenvalue weighted by Gasteiger charge is 2.08. The number of nitrogens with one attached hydrogen (secondary N) is 2. The van der Waals surface area contributed by atoms with Gasteiger partial charge < -0.3 is 15.7 Å². The van der Waals surface area contributed by atoms with E-state index < -0.39 is 5.97 Å². The van der Waals surface area contributed by atoms with E-state index in [-0.39, 0.29) is 18.4 Å². The van der Waals surface area contributed by atoms with Gasteiger partial charge in [-0.15, -0.1) is 0 Å². The molecular weight excluding hydrogens is 220 g/mol. The fraction of sp³-hybridized carbons (Fsp3) is 0.833. The predicted molar refractivity (Wildman–Crippen MR) is 67.0 cm³/mol. The maximum atomic E-state index is 11.3. The first-order chi connectivity index (χ1) is 8.06. The van der Waals surface area contributed by atoms with E-state index in [0.717, 1.165) is 12.8 Å². The van der Waals surface area contributed by atoms with E-state index in [1.54, 1.807) is 6.92 Å².